The van der Waals surface area contributed by atoms with Gasteiger partial charge in [0.1, 0.15) is 16.1 Å². The molecule has 0 saturated carbocycles. The Morgan fingerprint density at radius 3 is 2.86 bits per heavy atom. The van der Waals surface area contributed by atoms with Gasteiger partial charge in [-0.25, -0.2) is 15.0 Å². The first-order valence-corrected chi connectivity index (χ1v) is 10.8. The number of hydrogen-bond donors (Lipinski definition) is 1. The number of amides is 1. The van der Waals surface area contributed by atoms with Gasteiger partial charge in [0.25, 0.3) is 5.56 Å². The molecule has 0 radical (unpaired) electrons. The maximum absolute atomic E-state index is 13.0. The number of nitrogens with one attached hydrogen (secondary N) is 1. The second-order valence-corrected chi connectivity index (χ2v) is 8.78. The van der Waals surface area contributed by atoms with Crippen LogP contribution >= 0.6 is 22.7 Å². The molecular formula is C19H17N5O2S2. The van der Waals surface area contributed by atoms with Gasteiger partial charge < -0.3 is 5.32 Å². The van der Waals surface area contributed by atoms with Crippen molar-refractivity contribution < 1.29 is 4.79 Å². The summed E-state index contributed by atoms with van der Waals surface area (Å²) in [6.45, 7) is 1.95. The highest BCUT2D eigenvalue weighted by atomic mass is 32.1. The minimum absolute atomic E-state index is 0.0971. The van der Waals surface area contributed by atoms with Crippen LogP contribution < -0.4 is 10.9 Å². The average molecular weight is 412 g/mol. The highest BCUT2D eigenvalue weighted by Gasteiger charge is 2.22. The fraction of sp³-hybridized carbons (Fsp3) is 0.316. The lowest BCUT2D eigenvalue weighted by Gasteiger charge is -2.18. The number of thiophene rings is 1. The molecular weight excluding hydrogens is 394 g/mol. The standard InChI is InChI=1S/C19H17N5O2S2/c1-10-11-4-2-3-5-12(11)14-15-16(28-17(14)22-10)18(26)24(9-21-15)8-13(25)23-19-20-6-7-27-19/h6-7,9H,2-5,8H2,1H3,(H,20,23,25). The zero-order valence-electron chi connectivity index (χ0n) is 15.2. The summed E-state index contributed by atoms with van der Waals surface area (Å²) in [5.74, 6) is -0.300. The Hall–Kier alpha value is -2.65. The van der Waals surface area contributed by atoms with E-state index in [4.69, 9.17) is 4.98 Å². The van der Waals surface area contributed by atoms with Gasteiger partial charge in [-0.3, -0.25) is 14.2 Å². The molecule has 4 aromatic rings. The number of carbonyl (C=O) groups is 1. The van der Waals surface area contributed by atoms with Crippen molar-refractivity contribution in [2.24, 2.45) is 0 Å². The summed E-state index contributed by atoms with van der Waals surface area (Å²) in [6, 6.07) is 0. The zero-order chi connectivity index (χ0) is 19.3. The molecule has 1 aliphatic carbocycles. The molecule has 0 aliphatic heterocycles. The first-order chi connectivity index (χ1) is 13.6. The summed E-state index contributed by atoms with van der Waals surface area (Å²) in [7, 11) is 0. The van der Waals surface area contributed by atoms with Gasteiger partial charge in [-0.05, 0) is 43.7 Å². The summed E-state index contributed by atoms with van der Waals surface area (Å²) in [4.78, 5) is 39.4. The number of carbonyl (C=O) groups excluding carboxylic acids is 1. The van der Waals surface area contributed by atoms with Crippen LogP contribution in [0.5, 0.6) is 0 Å². The molecule has 4 aromatic heterocycles. The minimum Gasteiger partial charge on any atom is -0.300 e. The van der Waals surface area contributed by atoms with Gasteiger partial charge in [0.05, 0.1) is 11.8 Å². The molecule has 0 saturated heterocycles. The van der Waals surface area contributed by atoms with E-state index < -0.39 is 0 Å². The number of fused-ring (bicyclic) bond motifs is 5. The van der Waals surface area contributed by atoms with Crippen LogP contribution in [0.3, 0.4) is 0 Å². The Bertz CT molecular complexity index is 1270. The van der Waals surface area contributed by atoms with Crippen molar-refractivity contribution in [2.45, 2.75) is 39.2 Å². The lowest BCUT2D eigenvalue weighted by Crippen LogP contribution is -2.27. The molecule has 0 fully saturated rings. The smallest absolute Gasteiger partial charge is 0.271 e. The van der Waals surface area contributed by atoms with Gasteiger partial charge >= 0.3 is 0 Å². The summed E-state index contributed by atoms with van der Waals surface area (Å²) in [6.07, 6.45) is 7.45. The summed E-state index contributed by atoms with van der Waals surface area (Å²) >= 11 is 2.71. The molecule has 9 heteroatoms. The molecule has 0 aromatic carbocycles. The first-order valence-electron chi connectivity index (χ1n) is 9.11. The molecule has 4 heterocycles. The molecule has 0 bridgehead atoms. The number of anilines is 1. The van der Waals surface area contributed by atoms with Gasteiger partial charge in [0, 0.05) is 22.7 Å². The maximum Gasteiger partial charge on any atom is 0.271 e. The van der Waals surface area contributed by atoms with Crippen LogP contribution in [0.25, 0.3) is 20.4 Å². The number of nitrogens with zero attached hydrogens (tertiary/aromatic N) is 4. The number of thiazole rings is 1. The normalized spacial score (nSPS) is 13.8. The third-order valence-corrected chi connectivity index (χ3v) is 6.86. The monoisotopic (exact) mass is 411 g/mol. The number of hydrogen-bond acceptors (Lipinski definition) is 7. The van der Waals surface area contributed by atoms with Crippen molar-refractivity contribution >= 4 is 54.1 Å². The highest BCUT2D eigenvalue weighted by molar-refractivity contribution is 7.25. The largest absolute Gasteiger partial charge is 0.300 e. The van der Waals surface area contributed by atoms with Gasteiger partial charge in [0.15, 0.2) is 5.13 Å². The van der Waals surface area contributed by atoms with E-state index in [-0.39, 0.29) is 18.0 Å². The van der Waals surface area contributed by atoms with Crippen molar-refractivity contribution in [2.75, 3.05) is 5.32 Å². The van der Waals surface area contributed by atoms with Crippen LogP contribution in [0.15, 0.2) is 22.7 Å². The highest BCUT2D eigenvalue weighted by Crippen LogP contribution is 2.37. The number of rotatable bonds is 3. The van der Waals surface area contributed by atoms with Crippen LogP contribution in [0.4, 0.5) is 5.13 Å². The van der Waals surface area contributed by atoms with Crippen LogP contribution in [-0.4, -0.2) is 25.4 Å². The predicted octanol–water partition coefficient (Wildman–Crippen LogP) is 3.29. The maximum atomic E-state index is 13.0. The molecule has 1 aliphatic rings. The number of aryl methyl sites for hydroxylation is 2. The van der Waals surface area contributed by atoms with Gasteiger partial charge in [0.2, 0.25) is 5.91 Å². The fourth-order valence-electron chi connectivity index (χ4n) is 3.85. The van der Waals surface area contributed by atoms with E-state index in [1.54, 1.807) is 11.6 Å². The molecule has 5 rings (SSSR count). The molecule has 28 heavy (non-hydrogen) atoms. The Kier molecular flexibility index (Phi) is 4.21. The Morgan fingerprint density at radius 1 is 1.25 bits per heavy atom. The van der Waals surface area contributed by atoms with Crippen LogP contribution in [-0.2, 0) is 24.2 Å². The van der Waals surface area contributed by atoms with E-state index in [9.17, 15) is 9.59 Å². The molecule has 0 spiro atoms. The average Bonchev–Trinajstić information content (AvgIpc) is 3.32. The quantitative estimate of drug-likeness (QED) is 0.559. The van der Waals surface area contributed by atoms with Crippen molar-refractivity contribution in [3.63, 3.8) is 0 Å². The van der Waals surface area contributed by atoms with E-state index in [2.05, 4.69) is 15.3 Å². The van der Waals surface area contributed by atoms with Gasteiger partial charge in [-0.2, -0.15) is 0 Å². The lowest BCUT2D eigenvalue weighted by molar-refractivity contribution is -0.116. The second kappa shape index (κ2) is 6.75. The van der Waals surface area contributed by atoms with E-state index in [0.29, 0.717) is 15.3 Å². The Morgan fingerprint density at radius 2 is 2.07 bits per heavy atom. The van der Waals surface area contributed by atoms with Gasteiger partial charge in [-0.1, -0.05) is 0 Å². The third kappa shape index (κ3) is 2.82. The van der Waals surface area contributed by atoms with Crippen LogP contribution in [0.1, 0.15) is 29.7 Å². The van der Waals surface area contributed by atoms with Gasteiger partial charge in [-0.15, -0.1) is 22.7 Å². The molecule has 1 amide bonds. The van der Waals surface area contributed by atoms with Crippen molar-refractivity contribution in [1.82, 2.24) is 19.5 Å². The Balaban J connectivity index is 1.59. The SMILES string of the molecule is Cc1nc2sc3c(=O)n(CC(=O)Nc4nccs4)cnc3c2c2c1CCCC2. The number of pyridine rings is 1. The fourth-order valence-corrected chi connectivity index (χ4v) is 5.55. The molecule has 0 atom stereocenters. The third-order valence-electron chi connectivity index (χ3n) is 5.11. The van der Waals surface area contributed by atoms with E-state index in [1.165, 1.54) is 51.1 Å². The predicted molar refractivity (Wildman–Crippen MR) is 111 cm³/mol. The second-order valence-electron chi connectivity index (χ2n) is 6.88. The van der Waals surface area contributed by atoms with Crippen molar-refractivity contribution in [3.8, 4) is 0 Å². The zero-order valence-corrected chi connectivity index (χ0v) is 16.8. The minimum atomic E-state index is -0.300. The molecule has 7 nitrogen and oxygen atoms in total. The van der Waals surface area contributed by atoms with Crippen LogP contribution in [0, 0.1) is 6.92 Å². The van der Waals surface area contributed by atoms with E-state index in [1.807, 2.05) is 6.92 Å². The summed E-state index contributed by atoms with van der Waals surface area (Å²) in [5.41, 5.74) is 4.17. The Labute approximate surface area is 168 Å². The number of aromatic nitrogens is 4. The molecule has 0 unspecified atom stereocenters. The van der Waals surface area contributed by atoms with Crippen molar-refractivity contribution in [3.05, 3.63) is 45.1 Å². The van der Waals surface area contributed by atoms with Crippen LogP contribution in [0.2, 0.25) is 0 Å². The van der Waals surface area contributed by atoms with Crippen molar-refractivity contribution in [1.29, 1.82) is 0 Å². The summed E-state index contributed by atoms with van der Waals surface area (Å²) < 4.78 is 1.91. The lowest BCUT2D eigenvalue weighted by atomic mass is 9.89. The molecule has 142 valence electrons. The molecule has 1 N–H and O–H groups in total. The van der Waals surface area contributed by atoms with E-state index in [0.717, 1.165) is 35.2 Å². The topological polar surface area (TPSA) is 89.8 Å². The summed E-state index contributed by atoms with van der Waals surface area (Å²) in [5, 5.41) is 6.01. The van der Waals surface area contributed by atoms with E-state index >= 15 is 0 Å². The first kappa shape index (κ1) is 17.4.